The molecule has 21 heavy (non-hydrogen) atoms. The fourth-order valence-electron chi connectivity index (χ4n) is 3.29. The van der Waals surface area contributed by atoms with Gasteiger partial charge in [-0.2, -0.15) is 0 Å². The summed E-state index contributed by atoms with van der Waals surface area (Å²) in [5.74, 6) is 1.10. The number of nitrogens with zero attached hydrogens (tertiary/aromatic N) is 2. The van der Waals surface area contributed by atoms with Crippen LogP contribution in [0.1, 0.15) is 23.2 Å². The van der Waals surface area contributed by atoms with Crippen molar-refractivity contribution < 1.29 is 9.18 Å². The van der Waals surface area contributed by atoms with Crippen molar-refractivity contribution >= 4 is 18.3 Å². The van der Waals surface area contributed by atoms with E-state index in [1.54, 1.807) is 12.1 Å². The zero-order chi connectivity index (χ0) is 14.3. The fourth-order valence-corrected chi connectivity index (χ4v) is 3.29. The summed E-state index contributed by atoms with van der Waals surface area (Å²) < 4.78 is 12.9. The first kappa shape index (κ1) is 16.2. The normalized spacial score (nSPS) is 25.0. The van der Waals surface area contributed by atoms with Crippen molar-refractivity contribution in [1.82, 2.24) is 9.80 Å². The Morgan fingerprint density at radius 2 is 1.81 bits per heavy atom. The third-order valence-corrected chi connectivity index (χ3v) is 4.60. The molecule has 1 saturated carbocycles. The van der Waals surface area contributed by atoms with Gasteiger partial charge in [0.15, 0.2) is 0 Å². The van der Waals surface area contributed by atoms with E-state index in [4.69, 9.17) is 0 Å². The molecule has 3 rings (SSSR count). The highest BCUT2D eigenvalue weighted by Crippen LogP contribution is 2.42. The molecule has 5 heteroatoms. The summed E-state index contributed by atoms with van der Waals surface area (Å²) >= 11 is 0. The monoisotopic (exact) mass is 312 g/mol. The van der Waals surface area contributed by atoms with Gasteiger partial charge in [0.05, 0.1) is 0 Å². The highest BCUT2D eigenvalue weighted by molar-refractivity contribution is 5.94. The van der Waals surface area contributed by atoms with Crippen molar-refractivity contribution in [3.05, 3.63) is 35.6 Å². The first-order chi connectivity index (χ1) is 9.56. The van der Waals surface area contributed by atoms with Gasteiger partial charge in [-0.1, -0.05) is 0 Å². The molecule has 0 radical (unpaired) electrons. The Bertz CT molecular complexity index is 492. The minimum atomic E-state index is -0.301. The predicted molar refractivity (Wildman–Crippen MR) is 83.2 cm³/mol. The minimum Gasteiger partial charge on any atom is -0.337 e. The van der Waals surface area contributed by atoms with Crippen LogP contribution in [0.5, 0.6) is 0 Å². The quantitative estimate of drug-likeness (QED) is 0.856. The molecule has 0 unspecified atom stereocenters. The van der Waals surface area contributed by atoms with Gasteiger partial charge < -0.3 is 9.80 Å². The molecule has 0 bridgehead atoms. The molecular formula is C16H22ClFN2O. The summed E-state index contributed by atoms with van der Waals surface area (Å²) in [4.78, 5) is 16.7. The van der Waals surface area contributed by atoms with Gasteiger partial charge in [0.2, 0.25) is 0 Å². The number of amides is 1. The molecule has 2 aliphatic rings. The van der Waals surface area contributed by atoms with Crippen LogP contribution < -0.4 is 0 Å². The average molecular weight is 313 g/mol. The third-order valence-electron chi connectivity index (χ3n) is 4.60. The Labute approximate surface area is 131 Å². The van der Waals surface area contributed by atoms with E-state index in [1.165, 1.54) is 25.0 Å². The highest BCUT2D eigenvalue weighted by atomic mass is 35.5. The van der Waals surface area contributed by atoms with E-state index in [0.717, 1.165) is 19.0 Å². The lowest BCUT2D eigenvalue weighted by Crippen LogP contribution is -2.36. The Morgan fingerprint density at radius 3 is 2.33 bits per heavy atom. The van der Waals surface area contributed by atoms with Crippen LogP contribution >= 0.6 is 12.4 Å². The van der Waals surface area contributed by atoms with Crippen LogP contribution in [-0.2, 0) is 0 Å². The van der Waals surface area contributed by atoms with E-state index in [1.807, 2.05) is 4.90 Å². The second-order valence-electron chi connectivity index (χ2n) is 6.25. The molecule has 0 spiro atoms. The lowest BCUT2D eigenvalue weighted by atomic mass is 9.97. The molecule has 1 aromatic rings. The molecule has 1 heterocycles. The molecule has 1 saturated heterocycles. The van der Waals surface area contributed by atoms with Crippen LogP contribution in [0.4, 0.5) is 4.39 Å². The summed E-state index contributed by atoms with van der Waals surface area (Å²) in [6.07, 6.45) is 2.60. The van der Waals surface area contributed by atoms with Crippen molar-refractivity contribution in [3.63, 3.8) is 0 Å². The van der Waals surface area contributed by atoms with Crippen molar-refractivity contribution in [1.29, 1.82) is 0 Å². The van der Waals surface area contributed by atoms with Crippen LogP contribution in [0, 0.1) is 17.7 Å². The van der Waals surface area contributed by atoms with Gasteiger partial charge in [0.1, 0.15) is 5.82 Å². The van der Waals surface area contributed by atoms with Gasteiger partial charge in [0.25, 0.3) is 5.91 Å². The lowest BCUT2D eigenvalue weighted by Gasteiger charge is -2.24. The molecule has 2 fully saturated rings. The average Bonchev–Trinajstić information content (AvgIpc) is 3.17. The van der Waals surface area contributed by atoms with Crippen LogP contribution in [0.3, 0.4) is 0 Å². The summed E-state index contributed by atoms with van der Waals surface area (Å²) in [5.41, 5.74) is 0.584. The first-order valence-electron chi connectivity index (χ1n) is 7.27. The molecule has 1 aliphatic carbocycles. The Morgan fingerprint density at radius 1 is 1.19 bits per heavy atom. The number of hydrogen-bond donors (Lipinski definition) is 0. The number of halogens is 2. The summed E-state index contributed by atoms with van der Waals surface area (Å²) in [6, 6.07) is 6.31. The van der Waals surface area contributed by atoms with Crippen molar-refractivity contribution in [2.75, 3.05) is 27.2 Å². The number of carbonyl (C=O) groups is 1. The van der Waals surface area contributed by atoms with Gasteiger partial charge in [0, 0.05) is 24.7 Å². The number of likely N-dealkylation sites (tertiary alicyclic amines) is 1. The summed E-state index contributed by atoms with van der Waals surface area (Å²) in [7, 11) is 4.18. The summed E-state index contributed by atoms with van der Waals surface area (Å²) in [5, 5.41) is 0. The molecule has 0 N–H and O–H groups in total. The highest BCUT2D eigenvalue weighted by Gasteiger charge is 2.44. The van der Waals surface area contributed by atoms with Gasteiger partial charge in [-0.25, -0.2) is 4.39 Å². The fraction of sp³-hybridized carbons (Fsp3) is 0.562. The molecular weight excluding hydrogens is 291 g/mol. The number of carbonyl (C=O) groups excluding carboxylic acids is 1. The Hall–Kier alpha value is -1.13. The maximum Gasteiger partial charge on any atom is 0.253 e. The number of hydrogen-bond acceptors (Lipinski definition) is 2. The summed E-state index contributed by atoms with van der Waals surface area (Å²) in [6.45, 7) is 1.62. The zero-order valence-corrected chi connectivity index (χ0v) is 13.3. The molecule has 1 aromatic carbocycles. The van der Waals surface area contributed by atoms with E-state index >= 15 is 0 Å². The first-order valence-corrected chi connectivity index (χ1v) is 7.27. The SMILES string of the molecule is CN(C)[C@H]1CN(C(=O)c2ccc(F)cc2)C[C@@H]1C1CC1.Cl. The van der Waals surface area contributed by atoms with Crippen molar-refractivity contribution in [3.8, 4) is 0 Å². The van der Waals surface area contributed by atoms with E-state index in [2.05, 4.69) is 19.0 Å². The van der Waals surface area contributed by atoms with Crippen LogP contribution in [0.2, 0.25) is 0 Å². The number of benzene rings is 1. The molecule has 2 atom stereocenters. The number of likely N-dealkylation sites (N-methyl/N-ethyl adjacent to an activating group) is 1. The molecule has 3 nitrogen and oxygen atoms in total. The van der Waals surface area contributed by atoms with Gasteiger partial charge in [-0.15, -0.1) is 12.4 Å². The zero-order valence-electron chi connectivity index (χ0n) is 12.5. The lowest BCUT2D eigenvalue weighted by molar-refractivity contribution is 0.0780. The molecule has 1 amide bonds. The molecule has 0 aromatic heterocycles. The largest absolute Gasteiger partial charge is 0.337 e. The molecule has 1 aliphatic heterocycles. The Kier molecular flexibility index (Phi) is 4.89. The van der Waals surface area contributed by atoms with E-state index < -0.39 is 0 Å². The second kappa shape index (κ2) is 6.32. The van der Waals surface area contributed by atoms with Crippen LogP contribution in [0.15, 0.2) is 24.3 Å². The maximum atomic E-state index is 12.9. The van der Waals surface area contributed by atoms with E-state index in [0.29, 0.717) is 17.5 Å². The Balaban J connectivity index is 0.00000161. The topological polar surface area (TPSA) is 23.6 Å². The van der Waals surface area contributed by atoms with E-state index in [9.17, 15) is 9.18 Å². The van der Waals surface area contributed by atoms with Crippen LogP contribution in [-0.4, -0.2) is 48.9 Å². The predicted octanol–water partition coefficient (Wildman–Crippen LogP) is 2.66. The van der Waals surface area contributed by atoms with Crippen molar-refractivity contribution in [2.24, 2.45) is 11.8 Å². The smallest absolute Gasteiger partial charge is 0.253 e. The minimum absolute atomic E-state index is 0. The second-order valence-corrected chi connectivity index (χ2v) is 6.25. The molecule has 116 valence electrons. The maximum absolute atomic E-state index is 12.9. The van der Waals surface area contributed by atoms with Gasteiger partial charge in [-0.05, 0) is 63.0 Å². The van der Waals surface area contributed by atoms with Gasteiger partial charge in [-0.3, -0.25) is 4.79 Å². The number of rotatable bonds is 3. The standard InChI is InChI=1S/C16H21FN2O.ClH/c1-18(2)15-10-19(9-14(15)11-3-4-11)16(20)12-5-7-13(17)8-6-12;/h5-8,11,14-15H,3-4,9-10H2,1-2H3;1H/t14-,15+;/m1./s1. The van der Waals surface area contributed by atoms with E-state index in [-0.39, 0.29) is 24.1 Å². The third kappa shape index (κ3) is 3.38. The van der Waals surface area contributed by atoms with Gasteiger partial charge >= 0.3 is 0 Å². The van der Waals surface area contributed by atoms with Crippen molar-refractivity contribution in [2.45, 2.75) is 18.9 Å². The van der Waals surface area contributed by atoms with Crippen LogP contribution in [0.25, 0.3) is 0 Å².